The number of aromatic nitrogens is 1. The lowest BCUT2D eigenvalue weighted by Crippen LogP contribution is -2.08. The highest BCUT2D eigenvalue weighted by Crippen LogP contribution is 2.30. The summed E-state index contributed by atoms with van der Waals surface area (Å²) in [6.07, 6.45) is 0.704. The van der Waals surface area contributed by atoms with E-state index in [0.717, 1.165) is 5.56 Å². The van der Waals surface area contributed by atoms with Gasteiger partial charge < -0.3 is 14.2 Å². The SMILES string of the molecule is CCc1cc(C(C)=O)c(OC)cc1OCc1cccc(C(=O)OC)n1. The number of rotatable bonds is 7. The molecule has 1 aromatic carbocycles. The van der Waals surface area contributed by atoms with Crippen LogP contribution in [0.5, 0.6) is 11.5 Å². The maximum atomic E-state index is 11.7. The zero-order valence-electron chi connectivity index (χ0n) is 14.8. The number of benzene rings is 1. The van der Waals surface area contributed by atoms with Gasteiger partial charge in [0.2, 0.25) is 0 Å². The van der Waals surface area contributed by atoms with Gasteiger partial charge in [-0.15, -0.1) is 0 Å². The van der Waals surface area contributed by atoms with Gasteiger partial charge in [0.25, 0.3) is 0 Å². The number of ether oxygens (including phenoxy) is 3. The summed E-state index contributed by atoms with van der Waals surface area (Å²) < 4.78 is 15.8. The van der Waals surface area contributed by atoms with E-state index in [-0.39, 0.29) is 18.1 Å². The molecule has 0 aliphatic heterocycles. The first-order valence-electron chi connectivity index (χ1n) is 7.89. The van der Waals surface area contributed by atoms with E-state index in [9.17, 15) is 9.59 Å². The molecule has 0 aliphatic carbocycles. The van der Waals surface area contributed by atoms with Crippen molar-refractivity contribution < 1.29 is 23.8 Å². The van der Waals surface area contributed by atoms with Crippen molar-refractivity contribution >= 4 is 11.8 Å². The maximum absolute atomic E-state index is 11.7. The summed E-state index contributed by atoms with van der Waals surface area (Å²) in [5.41, 5.74) is 2.25. The van der Waals surface area contributed by atoms with Crippen molar-refractivity contribution in [2.45, 2.75) is 26.9 Å². The van der Waals surface area contributed by atoms with Crippen molar-refractivity contribution in [3.63, 3.8) is 0 Å². The van der Waals surface area contributed by atoms with Crippen LogP contribution < -0.4 is 9.47 Å². The lowest BCUT2D eigenvalue weighted by Gasteiger charge is -2.14. The van der Waals surface area contributed by atoms with Gasteiger partial charge in [0.1, 0.15) is 23.8 Å². The molecule has 1 aromatic heterocycles. The van der Waals surface area contributed by atoms with E-state index >= 15 is 0 Å². The molecule has 2 aromatic rings. The average Bonchev–Trinajstić information content (AvgIpc) is 2.64. The molecular formula is C19H21NO5. The second-order valence-electron chi connectivity index (χ2n) is 5.36. The Morgan fingerprint density at radius 1 is 1.12 bits per heavy atom. The van der Waals surface area contributed by atoms with Crippen LogP contribution >= 0.6 is 0 Å². The molecule has 0 saturated carbocycles. The molecule has 0 bridgehead atoms. The van der Waals surface area contributed by atoms with Crippen molar-refractivity contribution in [3.8, 4) is 11.5 Å². The number of methoxy groups -OCH3 is 2. The molecule has 1 heterocycles. The topological polar surface area (TPSA) is 74.7 Å². The first kappa shape index (κ1) is 18.4. The minimum absolute atomic E-state index is 0.0643. The number of carbonyl (C=O) groups excluding carboxylic acids is 2. The molecule has 6 nitrogen and oxygen atoms in total. The van der Waals surface area contributed by atoms with Gasteiger partial charge in [0.15, 0.2) is 5.78 Å². The summed E-state index contributed by atoms with van der Waals surface area (Å²) in [7, 11) is 2.82. The van der Waals surface area contributed by atoms with Crippen LogP contribution in [0.2, 0.25) is 0 Å². The molecule has 132 valence electrons. The standard InChI is InChI=1S/C19H21NO5/c1-5-13-9-15(12(2)21)18(23-3)10-17(13)25-11-14-7-6-8-16(20-14)19(22)24-4/h6-10H,5,11H2,1-4H3. The summed E-state index contributed by atoms with van der Waals surface area (Å²) in [6.45, 7) is 3.66. The number of aryl methyl sites for hydroxylation is 1. The van der Waals surface area contributed by atoms with E-state index in [4.69, 9.17) is 9.47 Å². The number of hydrogen-bond donors (Lipinski definition) is 0. The average molecular weight is 343 g/mol. The van der Waals surface area contributed by atoms with Crippen molar-refractivity contribution in [2.75, 3.05) is 14.2 Å². The minimum Gasteiger partial charge on any atom is -0.496 e. The van der Waals surface area contributed by atoms with Gasteiger partial charge in [-0.1, -0.05) is 13.0 Å². The fourth-order valence-corrected chi connectivity index (χ4v) is 2.39. The second-order valence-corrected chi connectivity index (χ2v) is 5.36. The molecule has 0 N–H and O–H groups in total. The van der Waals surface area contributed by atoms with Gasteiger partial charge in [-0.2, -0.15) is 0 Å². The number of carbonyl (C=O) groups is 2. The fourth-order valence-electron chi connectivity index (χ4n) is 2.39. The molecule has 0 unspecified atom stereocenters. The second kappa shape index (κ2) is 8.28. The summed E-state index contributed by atoms with van der Waals surface area (Å²) >= 11 is 0. The van der Waals surface area contributed by atoms with Crippen molar-refractivity contribution in [3.05, 3.63) is 52.8 Å². The zero-order valence-corrected chi connectivity index (χ0v) is 14.8. The van der Waals surface area contributed by atoms with Crippen LogP contribution in [0.15, 0.2) is 30.3 Å². The smallest absolute Gasteiger partial charge is 0.356 e. The molecule has 0 spiro atoms. The van der Waals surface area contributed by atoms with Gasteiger partial charge in [0.05, 0.1) is 25.5 Å². The number of ketones is 1. The maximum Gasteiger partial charge on any atom is 0.356 e. The number of pyridine rings is 1. The van der Waals surface area contributed by atoms with Crippen LogP contribution in [0.1, 0.15) is 46.0 Å². The molecule has 6 heteroatoms. The van der Waals surface area contributed by atoms with Gasteiger partial charge in [-0.05, 0) is 37.1 Å². The first-order valence-corrected chi connectivity index (χ1v) is 7.89. The zero-order chi connectivity index (χ0) is 18.4. The highest BCUT2D eigenvalue weighted by atomic mass is 16.5. The molecule has 0 radical (unpaired) electrons. The molecule has 25 heavy (non-hydrogen) atoms. The predicted molar refractivity (Wildman–Crippen MR) is 92.3 cm³/mol. The summed E-state index contributed by atoms with van der Waals surface area (Å²) in [5, 5.41) is 0. The van der Waals surface area contributed by atoms with E-state index in [2.05, 4.69) is 9.72 Å². The van der Waals surface area contributed by atoms with E-state index in [1.807, 2.05) is 6.92 Å². The monoisotopic (exact) mass is 343 g/mol. The lowest BCUT2D eigenvalue weighted by atomic mass is 10.0. The highest BCUT2D eigenvalue weighted by Gasteiger charge is 2.14. The molecule has 0 amide bonds. The van der Waals surface area contributed by atoms with Crippen LogP contribution in [-0.4, -0.2) is 31.0 Å². The van der Waals surface area contributed by atoms with E-state index in [1.165, 1.54) is 21.1 Å². The van der Waals surface area contributed by atoms with Crippen molar-refractivity contribution in [2.24, 2.45) is 0 Å². The predicted octanol–water partition coefficient (Wildman–Crippen LogP) is 3.22. The Morgan fingerprint density at radius 2 is 1.88 bits per heavy atom. The molecular weight excluding hydrogens is 322 g/mol. The largest absolute Gasteiger partial charge is 0.496 e. The highest BCUT2D eigenvalue weighted by molar-refractivity contribution is 5.97. The molecule has 0 fully saturated rings. The first-order chi connectivity index (χ1) is 12.0. The van der Waals surface area contributed by atoms with E-state index in [0.29, 0.717) is 29.2 Å². The molecule has 0 atom stereocenters. The third-order valence-electron chi connectivity index (χ3n) is 3.72. The third-order valence-corrected chi connectivity index (χ3v) is 3.72. The van der Waals surface area contributed by atoms with E-state index in [1.54, 1.807) is 30.3 Å². The minimum atomic E-state index is -0.497. The normalized spacial score (nSPS) is 10.2. The Labute approximate surface area is 146 Å². The number of Topliss-reactive ketones (excluding diaryl/α,β-unsaturated/α-hetero) is 1. The van der Waals surface area contributed by atoms with Crippen LogP contribution in [0.25, 0.3) is 0 Å². The van der Waals surface area contributed by atoms with Crippen LogP contribution in [-0.2, 0) is 17.8 Å². The Hall–Kier alpha value is -2.89. The molecule has 0 saturated heterocycles. The Morgan fingerprint density at radius 3 is 2.48 bits per heavy atom. The van der Waals surface area contributed by atoms with Crippen molar-refractivity contribution in [1.29, 1.82) is 0 Å². The Balaban J connectivity index is 2.25. The molecule has 2 rings (SSSR count). The van der Waals surface area contributed by atoms with Crippen molar-refractivity contribution in [1.82, 2.24) is 4.98 Å². The third kappa shape index (κ3) is 4.35. The molecule has 0 aliphatic rings. The number of nitrogens with zero attached hydrogens (tertiary/aromatic N) is 1. The van der Waals surface area contributed by atoms with Crippen LogP contribution in [0.3, 0.4) is 0 Å². The fraction of sp³-hybridized carbons (Fsp3) is 0.316. The van der Waals surface area contributed by atoms with Crippen LogP contribution in [0.4, 0.5) is 0 Å². The summed E-state index contributed by atoms with van der Waals surface area (Å²) in [5.74, 6) is 0.528. The van der Waals surface area contributed by atoms with Gasteiger partial charge >= 0.3 is 5.97 Å². The number of esters is 1. The Bertz CT molecular complexity index is 785. The van der Waals surface area contributed by atoms with Gasteiger partial charge in [-0.25, -0.2) is 9.78 Å². The van der Waals surface area contributed by atoms with E-state index < -0.39 is 5.97 Å². The summed E-state index contributed by atoms with van der Waals surface area (Å²) in [4.78, 5) is 27.5. The quantitative estimate of drug-likeness (QED) is 0.568. The Kier molecular flexibility index (Phi) is 6.11. The summed E-state index contributed by atoms with van der Waals surface area (Å²) in [6, 6.07) is 8.56. The number of hydrogen-bond acceptors (Lipinski definition) is 6. The van der Waals surface area contributed by atoms with Gasteiger partial charge in [-0.3, -0.25) is 4.79 Å². The van der Waals surface area contributed by atoms with Gasteiger partial charge in [0, 0.05) is 6.07 Å². The van der Waals surface area contributed by atoms with Crippen LogP contribution in [0, 0.1) is 0 Å². The lowest BCUT2D eigenvalue weighted by molar-refractivity contribution is 0.0593.